The van der Waals surface area contributed by atoms with Gasteiger partial charge >= 0.3 is 5.97 Å². The first-order valence-corrected chi connectivity index (χ1v) is 5.30. The summed E-state index contributed by atoms with van der Waals surface area (Å²) in [5, 5.41) is 8.74. The molecule has 0 saturated heterocycles. The first-order chi connectivity index (χ1) is 7.74. The summed E-state index contributed by atoms with van der Waals surface area (Å²) in [6.07, 6.45) is 0.859. The van der Waals surface area contributed by atoms with Crippen molar-refractivity contribution in [3.63, 3.8) is 0 Å². The van der Waals surface area contributed by atoms with E-state index in [1.54, 1.807) is 0 Å². The van der Waals surface area contributed by atoms with Gasteiger partial charge in [0.1, 0.15) is 0 Å². The standard InChI is InChI=1S/C12H17NO3/c13-6-3-7-16-9-11-5-2-1-4-10(11)8-12(14)15/h1-2,4-5H,3,6-9,13H2,(H,14,15). The molecule has 16 heavy (non-hydrogen) atoms. The fourth-order valence-corrected chi connectivity index (χ4v) is 1.40. The maximum absolute atomic E-state index is 10.6. The molecule has 3 N–H and O–H groups in total. The third-order valence-corrected chi connectivity index (χ3v) is 2.21. The Balaban J connectivity index is 2.53. The van der Waals surface area contributed by atoms with Crippen LogP contribution in [0.3, 0.4) is 0 Å². The monoisotopic (exact) mass is 223 g/mol. The maximum atomic E-state index is 10.6. The number of rotatable bonds is 7. The topological polar surface area (TPSA) is 72.5 Å². The van der Waals surface area contributed by atoms with Gasteiger partial charge in [-0.15, -0.1) is 0 Å². The number of nitrogens with two attached hydrogens (primary N) is 1. The normalized spacial score (nSPS) is 10.3. The van der Waals surface area contributed by atoms with E-state index in [0.29, 0.717) is 19.8 Å². The molecule has 0 radical (unpaired) electrons. The Bertz CT molecular complexity index is 339. The van der Waals surface area contributed by atoms with Crippen molar-refractivity contribution in [2.75, 3.05) is 13.2 Å². The van der Waals surface area contributed by atoms with E-state index in [9.17, 15) is 4.79 Å². The Morgan fingerprint density at radius 2 is 2.00 bits per heavy atom. The van der Waals surface area contributed by atoms with Gasteiger partial charge in [-0.25, -0.2) is 0 Å². The summed E-state index contributed by atoms with van der Waals surface area (Å²) in [6.45, 7) is 1.66. The van der Waals surface area contributed by atoms with Gasteiger partial charge in [0.05, 0.1) is 13.0 Å². The fourth-order valence-electron chi connectivity index (χ4n) is 1.40. The molecule has 0 amide bonds. The van der Waals surface area contributed by atoms with Crippen molar-refractivity contribution in [3.05, 3.63) is 35.4 Å². The van der Waals surface area contributed by atoms with Crippen molar-refractivity contribution in [2.24, 2.45) is 5.73 Å². The van der Waals surface area contributed by atoms with E-state index in [1.807, 2.05) is 24.3 Å². The van der Waals surface area contributed by atoms with E-state index in [-0.39, 0.29) is 6.42 Å². The second-order valence-electron chi connectivity index (χ2n) is 3.53. The lowest BCUT2D eigenvalue weighted by Gasteiger charge is -2.08. The molecule has 0 aliphatic rings. The van der Waals surface area contributed by atoms with Gasteiger partial charge in [0.25, 0.3) is 0 Å². The number of carboxylic acid groups (broad SMARTS) is 1. The predicted molar refractivity (Wildman–Crippen MR) is 61.1 cm³/mol. The fraction of sp³-hybridized carbons (Fsp3) is 0.417. The second-order valence-corrected chi connectivity index (χ2v) is 3.53. The Hall–Kier alpha value is -1.39. The highest BCUT2D eigenvalue weighted by molar-refractivity contribution is 5.70. The molecular formula is C12H17NO3. The zero-order valence-corrected chi connectivity index (χ0v) is 9.19. The molecule has 1 aromatic carbocycles. The first kappa shape index (κ1) is 12.7. The van der Waals surface area contributed by atoms with Gasteiger partial charge in [-0.1, -0.05) is 24.3 Å². The van der Waals surface area contributed by atoms with E-state index in [1.165, 1.54) is 0 Å². The van der Waals surface area contributed by atoms with Crippen molar-refractivity contribution in [3.8, 4) is 0 Å². The van der Waals surface area contributed by atoms with Crippen LogP contribution < -0.4 is 5.73 Å². The van der Waals surface area contributed by atoms with Gasteiger partial charge in [-0.2, -0.15) is 0 Å². The SMILES string of the molecule is NCCCOCc1ccccc1CC(=O)O. The highest BCUT2D eigenvalue weighted by Crippen LogP contribution is 2.11. The number of carboxylic acids is 1. The average molecular weight is 223 g/mol. The molecule has 0 atom stereocenters. The number of hydrogen-bond donors (Lipinski definition) is 2. The molecule has 0 bridgehead atoms. The summed E-state index contributed by atoms with van der Waals surface area (Å²) < 4.78 is 5.41. The molecule has 0 fully saturated rings. The summed E-state index contributed by atoms with van der Waals surface area (Å²) >= 11 is 0. The molecule has 0 heterocycles. The summed E-state index contributed by atoms with van der Waals surface area (Å²) in [7, 11) is 0. The van der Waals surface area contributed by atoms with E-state index >= 15 is 0 Å². The van der Waals surface area contributed by atoms with Crippen LogP contribution in [0.15, 0.2) is 24.3 Å². The lowest BCUT2D eigenvalue weighted by atomic mass is 10.1. The smallest absolute Gasteiger partial charge is 0.307 e. The zero-order chi connectivity index (χ0) is 11.8. The largest absolute Gasteiger partial charge is 0.481 e. The van der Waals surface area contributed by atoms with Crippen molar-refractivity contribution < 1.29 is 14.6 Å². The van der Waals surface area contributed by atoms with Gasteiger partial charge in [0.2, 0.25) is 0 Å². The number of ether oxygens (including phenoxy) is 1. The van der Waals surface area contributed by atoms with Gasteiger partial charge in [-0.3, -0.25) is 4.79 Å². The summed E-state index contributed by atoms with van der Waals surface area (Å²) in [5.41, 5.74) is 7.09. The average Bonchev–Trinajstić information content (AvgIpc) is 2.26. The number of hydrogen-bond acceptors (Lipinski definition) is 3. The van der Waals surface area contributed by atoms with Crippen molar-refractivity contribution >= 4 is 5.97 Å². The molecule has 0 unspecified atom stereocenters. The molecule has 0 aliphatic carbocycles. The minimum atomic E-state index is -0.825. The van der Waals surface area contributed by atoms with Gasteiger partial charge in [0.15, 0.2) is 0 Å². The minimum absolute atomic E-state index is 0.0381. The molecule has 0 spiro atoms. The van der Waals surface area contributed by atoms with E-state index < -0.39 is 5.97 Å². The summed E-state index contributed by atoms with van der Waals surface area (Å²) in [5.74, 6) is -0.825. The minimum Gasteiger partial charge on any atom is -0.481 e. The van der Waals surface area contributed by atoms with E-state index in [2.05, 4.69) is 0 Å². The van der Waals surface area contributed by atoms with Gasteiger partial charge < -0.3 is 15.6 Å². The van der Waals surface area contributed by atoms with Crippen molar-refractivity contribution in [1.29, 1.82) is 0 Å². The molecule has 0 saturated carbocycles. The van der Waals surface area contributed by atoms with Crippen LogP contribution in [0.2, 0.25) is 0 Å². The second kappa shape index (κ2) is 6.98. The Labute approximate surface area is 95.0 Å². The van der Waals surface area contributed by atoms with Crippen LogP contribution in [0.25, 0.3) is 0 Å². The van der Waals surface area contributed by atoms with Crippen LogP contribution in [-0.4, -0.2) is 24.2 Å². The number of aliphatic carboxylic acids is 1. The van der Waals surface area contributed by atoms with E-state index in [4.69, 9.17) is 15.6 Å². The van der Waals surface area contributed by atoms with Crippen LogP contribution >= 0.6 is 0 Å². The molecule has 4 nitrogen and oxygen atoms in total. The highest BCUT2D eigenvalue weighted by atomic mass is 16.5. The number of benzene rings is 1. The Morgan fingerprint density at radius 1 is 1.31 bits per heavy atom. The molecule has 0 aliphatic heterocycles. The lowest BCUT2D eigenvalue weighted by molar-refractivity contribution is -0.136. The summed E-state index contributed by atoms with van der Waals surface area (Å²) in [4.78, 5) is 10.6. The summed E-state index contributed by atoms with van der Waals surface area (Å²) in [6, 6.07) is 7.42. The first-order valence-electron chi connectivity index (χ1n) is 5.30. The van der Waals surface area contributed by atoms with Gasteiger partial charge in [-0.05, 0) is 24.1 Å². The molecular weight excluding hydrogens is 206 g/mol. The van der Waals surface area contributed by atoms with Crippen LogP contribution in [0.5, 0.6) is 0 Å². The van der Waals surface area contributed by atoms with Crippen LogP contribution in [0.1, 0.15) is 17.5 Å². The quantitative estimate of drug-likeness (QED) is 0.681. The lowest BCUT2D eigenvalue weighted by Crippen LogP contribution is -2.07. The highest BCUT2D eigenvalue weighted by Gasteiger charge is 2.05. The van der Waals surface area contributed by atoms with Gasteiger partial charge in [0, 0.05) is 6.61 Å². The predicted octanol–water partition coefficient (Wildman–Crippen LogP) is 1.18. The zero-order valence-electron chi connectivity index (χ0n) is 9.19. The molecule has 1 rings (SSSR count). The molecule has 1 aromatic rings. The van der Waals surface area contributed by atoms with Crippen molar-refractivity contribution in [1.82, 2.24) is 0 Å². The third kappa shape index (κ3) is 4.42. The van der Waals surface area contributed by atoms with E-state index in [0.717, 1.165) is 17.5 Å². The molecule has 88 valence electrons. The Kier molecular flexibility index (Phi) is 5.53. The number of carbonyl (C=O) groups is 1. The molecule has 4 heteroatoms. The Morgan fingerprint density at radius 3 is 2.62 bits per heavy atom. The van der Waals surface area contributed by atoms with Crippen LogP contribution in [0, 0.1) is 0 Å². The van der Waals surface area contributed by atoms with Crippen LogP contribution in [-0.2, 0) is 22.6 Å². The molecule has 0 aromatic heterocycles. The van der Waals surface area contributed by atoms with Crippen LogP contribution in [0.4, 0.5) is 0 Å². The third-order valence-electron chi connectivity index (χ3n) is 2.21. The maximum Gasteiger partial charge on any atom is 0.307 e. The van der Waals surface area contributed by atoms with Crippen molar-refractivity contribution in [2.45, 2.75) is 19.4 Å².